The van der Waals surface area contributed by atoms with Crippen LogP contribution in [0.4, 0.5) is 0 Å². The predicted molar refractivity (Wildman–Crippen MR) is 58.1 cm³/mol. The van der Waals surface area contributed by atoms with E-state index in [1.807, 2.05) is 0 Å². The van der Waals surface area contributed by atoms with E-state index in [-0.39, 0.29) is 17.6 Å². The van der Waals surface area contributed by atoms with Crippen molar-refractivity contribution in [1.82, 2.24) is 0 Å². The van der Waals surface area contributed by atoms with Gasteiger partial charge in [-0.2, -0.15) is 0 Å². The number of ketones is 1. The van der Waals surface area contributed by atoms with Crippen LogP contribution in [0.3, 0.4) is 0 Å². The van der Waals surface area contributed by atoms with Crippen LogP contribution in [0.5, 0.6) is 0 Å². The van der Waals surface area contributed by atoms with Crippen molar-refractivity contribution < 1.29 is 23.8 Å². The lowest BCUT2D eigenvalue weighted by atomic mass is 9.66. The molecule has 1 saturated carbocycles. The molecule has 3 aliphatic rings. The number of hydrogen-bond acceptors (Lipinski definition) is 5. The molecule has 0 saturated heterocycles. The molecule has 0 aliphatic heterocycles. The number of rotatable bonds is 3. The molecule has 17 heavy (non-hydrogen) atoms. The van der Waals surface area contributed by atoms with E-state index < -0.39 is 11.8 Å². The Kier molecular flexibility index (Phi) is 3.05. The van der Waals surface area contributed by atoms with Gasteiger partial charge in [0.1, 0.15) is 0 Å². The van der Waals surface area contributed by atoms with E-state index in [9.17, 15) is 9.59 Å². The second-order valence-electron chi connectivity index (χ2n) is 4.29. The number of fused-ring (bicyclic) bond motifs is 2. The van der Waals surface area contributed by atoms with Crippen LogP contribution in [0.15, 0.2) is 11.6 Å². The van der Waals surface area contributed by atoms with E-state index in [1.54, 1.807) is 6.08 Å². The molecule has 94 valence electrons. The number of esters is 1. The fourth-order valence-corrected chi connectivity index (χ4v) is 2.85. The van der Waals surface area contributed by atoms with Crippen LogP contribution >= 0.6 is 0 Å². The molecule has 0 unspecified atom stereocenters. The number of ether oxygens (including phenoxy) is 3. The van der Waals surface area contributed by atoms with Crippen LogP contribution in [-0.2, 0) is 23.8 Å². The van der Waals surface area contributed by atoms with Crippen LogP contribution in [0, 0.1) is 11.8 Å². The van der Waals surface area contributed by atoms with Crippen molar-refractivity contribution in [3.63, 3.8) is 0 Å². The standard InChI is InChI=1S/C12H16O5/c1-15-11(14)8-6-7-4-5-9(8)12(16-2,17-3)10(7)13/h6-7,9H,4-5H2,1-3H3/t7-,9+/m0/s1. The number of methoxy groups -OCH3 is 3. The Morgan fingerprint density at radius 2 is 1.94 bits per heavy atom. The Labute approximate surface area is 99.7 Å². The van der Waals surface area contributed by atoms with Gasteiger partial charge < -0.3 is 14.2 Å². The molecule has 0 radical (unpaired) electrons. The maximum absolute atomic E-state index is 12.2. The van der Waals surface area contributed by atoms with Crippen molar-refractivity contribution in [3.05, 3.63) is 11.6 Å². The molecular weight excluding hydrogens is 224 g/mol. The second kappa shape index (κ2) is 4.23. The fraction of sp³-hybridized carbons (Fsp3) is 0.667. The Bertz CT molecular complexity index is 380. The number of hydrogen-bond donors (Lipinski definition) is 0. The van der Waals surface area contributed by atoms with E-state index in [0.717, 1.165) is 6.42 Å². The summed E-state index contributed by atoms with van der Waals surface area (Å²) in [5, 5.41) is 0. The summed E-state index contributed by atoms with van der Waals surface area (Å²) in [4.78, 5) is 23.9. The largest absolute Gasteiger partial charge is 0.466 e. The highest BCUT2D eigenvalue weighted by molar-refractivity contribution is 5.99. The highest BCUT2D eigenvalue weighted by Crippen LogP contribution is 2.47. The van der Waals surface area contributed by atoms with Crippen LogP contribution in [0.2, 0.25) is 0 Å². The average molecular weight is 240 g/mol. The van der Waals surface area contributed by atoms with Crippen molar-refractivity contribution in [2.45, 2.75) is 18.6 Å². The summed E-state index contributed by atoms with van der Waals surface area (Å²) < 4.78 is 15.3. The molecule has 3 rings (SSSR count). The number of carbonyl (C=O) groups is 2. The maximum Gasteiger partial charge on any atom is 0.333 e. The molecule has 0 amide bonds. The van der Waals surface area contributed by atoms with Gasteiger partial charge in [-0.25, -0.2) is 4.79 Å². The summed E-state index contributed by atoms with van der Waals surface area (Å²) in [6.45, 7) is 0. The monoisotopic (exact) mass is 240 g/mol. The Balaban J connectivity index is 2.45. The summed E-state index contributed by atoms with van der Waals surface area (Å²) in [6.07, 6.45) is 3.12. The molecule has 0 aromatic rings. The zero-order valence-electron chi connectivity index (χ0n) is 10.2. The summed E-state index contributed by atoms with van der Waals surface area (Å²) in [5.74, 6) is -2.52. The number of carbonyl (C=O) groups excluding carboxylic acids is 2. The summed E-state index contributed by atoms with van der Waals surface area (Å²) in [6, 6.07) is 0. The molecule has 0 heterocycles. The van der Waals surface area contributed by atoms with Crippen molar-refractivity contribution in [1.29, 1.82) is 0 Å². The van der Waals surface area contributed by atoms with Crippen LogP contribution in [0.1, 0.15) is 12.8 Å². The summed E-state index contributed by atoms with van der Waals surface area (Å²) >= 11 is 0. The van der Waals surface area contributed by atoms with Gasteiger partial charge in [0, 0.05) is 25.7 Å². The highest BCUT2D eigenvalue weighted by Gasteiger charge is 2.57. The molecule has 0 aromatic carbocycles. The third kappa shape index (κ3) is 1.53. The first kappa shape index (κ1) is 12.3. The summed E-state index contributed by atoms with van der Waals surface area (Å²) in [7, 11) is 4.18. The smallest absolute Gasteiger partial charge is 0.333 e. The van der Waals surface area contributed by atoms with Crippen LogP contribution < -0.4 is 0 Å². The topological polar surface area (TPSA) is 61.8 Å². The summed E-state index contributed by atoms with van der Waals surface area (Å²) in [5.41, 5.74) is 0.493. The van der Waals surface area contributed by atoms with E-state index in [0.29, 0.717) is 12.0 Å². The minimum absolute atomic E-state index is 0.105. The fourth-order valence-electron chi connectivity index (χ4n) is 2.85. The lowest BCUT2D eigenvalue weighted by Gasteiger charge is -2.46. The van der Waals surface area contributed by atoms with Gasteiger partial charge in [-0.05, 0) is 12.8 Å². The Hall–Kier alpha value is -1.20. The molecule has 0 N–H and O–H groups in total. The normalized spacial score (nSPS) is 30.1. The second-order valence-corrected chi connectivity index (χ2v) is 4.29. The van der Waals surface area contributed by atoms with Crippen molar-refractivity contribution in [2.75, 3.05) is 21.3 Å². The highest BCUT2D eigenvalue weighted by atomic mass is 16.7. The molecule has 2 bridgehead atoms. The molecule has 0 spiro atoms. The van der Waals surface area contributed by atoms with Gasteiger partial charge in [-0.1, -0.05) is 6.08 Å². The molecule has 3 aliphatic carbocycles. The van der Waals surface area contributed by atoms with E-state index >= 15 is 0 Å². The maximum atomic E-state index is 12.2. The molecule has 5 nitrogen and oxygen atoms in total. The number of allylic oxidation sites excluding steroid dienone is 1. The first-order chi connectivity index (χ1) is 8.10. The van der Waals surface area contributed by atoms with Crippen molar-refractivity contribution in [3.8, 4) is 0 Å². The zero-order valence-corrected chi connectivity index (χ0v) is 10.2. The molecule has 5 heteroatoms. The molecule has 2 atom stereocenters. The third-order valence-corrected chi connectivity index (χ3v) is 3.69. The van der Waals surface area contributed by atoms with Gasteiger partial charge in [-0.15, -0.1) is 0 Å². The minimum Gasteiger partial charge on any atom is -0.466 e. The first-order valence-corrected chi connectivity index (χ1v) is 5.55. The lowest BCUT2D eigenvalue weighted by molar-refractivity contribution is -0.238. The molecule has 0 aromatic heterocycles. The Morgan fingerprint density at radius 1 is 1.29 bits per heavy atom. The first-order valence-electron chi connectivity index (χ1n) is 5.55. The molecular formula is C12H16O5. The lowest BCUT2D eigenvalue weighted by Crippen LogP contribution is -2.58. The minimum atomic E-state index is -1.32. The van der Waals surface area contributed by atoms with Crippen molar-refractivity contribution >= 4 is 11.8 Å². The van der Waals surface area contributed by atoms with Gasteiger partial charge in [0.05, 0.1) is 13.0 Å². The number of Topliss-reactive ketones (excluding diaryl/α,β-unsaturated/α-hetero) is 1. The van der Waals surface area contributed by atoms with Gasteiger partial charge in [0.15, 0.2) is 5.78 Å². The average Bonchev–Trinajstić information content (AvgIpc) is 2.39. The van der Waals surface area contributed by atoms with E-state index in [4.69, 9.17) is 14.2 Å². The predicted octanol–water partition coefficient (Wildman–Crippen LogP) is 0.684. The molecule has 1 fully saturated rings. The third-order valence-electron chi connectivity index (χ3n) is 3.69. The Morgan fingerprint density at radius 3 is 2.47 bits per heavy atom. The quantitative estimate of drug-likeness (QED) is 0.536. The van der Waals surface area contributed by atoms with Crippen LogP contribution in [0.25, 0.3) is 0 Å². The van der Waals surface area contributed by atoms with E-state index in [1.165, 1.54) is 21.3 Å². The van der Waals surface area contributed by atoms with Gasteiger partial charge in [0.25, 0.3) is 0 Å². The SMILES string of the molecule is COC(=O)C1=C[C@@H]2CC[C@H]1C(OC)(OC)C2=O. The van der Waals surface area contributed by atoms with E-state index in [2.05, 4.69) is 0 Å². The van der Waals surface area contributed by atoms with Crippen LogP contribution in [-0.4, -0.2) is 38.9 Å². The van der Waals surface area contributed by atoms with Gasteiger partial charge >= 0.3 is 5.97 Å². The van der Waals surface area contributed by atoms with Gasteiger partial charge in [0.2, 0.25) is 5.79 Å². The zero-order chi connectivity index (χ0) is 12.6. The van der Waals surface area contributed by atoms with Crippen molar-refractivity contribution in [2.24, 2.45) is 11.8 Å². The van der Waals surface area contributed by atoms with Gasteiger partial charge in [-0.3, -0.25) is 4.79 Å².